The molecule has 7 nitrogen and oxygen atoms in total. The van der Waals surface area contributed by atoms with Gasteiger partial charge in [0.25, 0.3) is 5.91 Å². The van der Waals surface area contributed by atoms with E-state index in [0.29, 0.717) is 17.9 Å². The highest BCUT2D eigenvalue weighted by atomic mass is 32.2. The van der Waals surface area contributed by atoms with E-state index in [4.69, 9.17) is 4.74 Å². The molecule has 2 rings (SSSR count). The quantitative estimate of drug-likeness (QED) is 0.736. The molecule has 1 aromatic carbocycles. The van der Waals surface area contributed by atoms with Gasteiger partial charge < -0.3 is 9.64 Å². The second-order valence-corrected chi connectivity index (χ2v) is 8.28. The van der Waals surface area contributed by atoms with Crippen molar-refractivity contribution in [1.29, 1.82) is 0 Å². The second kappa shape index (κ2) is 8.68. The van der Waals surface area contributed by atoms with Crippen LogP contribution in [0.25, 0.3) is 0 Å². The van der Waals surface area contributed by atoms with Crippen molar-refractivity contribution in [3.05, 3.63) is 29.8 Å². The molecular formula is C16H22N2O5S2. The summed E-state index contributed by atoms with van der Waals surface area (Å²) in [6, 6.07) is 5.11. The molecule has 1 unspecified atom stereocenters. The maximum absolute atomic E-state index is 12.7. The van der Waals surface area contributed by atoms with Crippen molar-refractivity contribution in [2.45, 2.75) is 24.8 Å². The van der Waals surface area contributed by atoms with Crippen LogP contribution in [0, 0.1) is 0 Å². The van der Waals surface area contributed by atoms with Crippen molar-refractivity contribution in [2.24, 2.45) is 0 Å². The van der Waals surface area contributed by atoms with E-state index in [1.165, 1.54) is 29.2 Å². The van der Waals surface area contributed by atoms with Gasteiger partial charge in [0.05, 0.1) is 11.5 Å². The number of ether oxygens (including phenoxy) is 1. The first-order valence-corrected chi connectivity index (χ1v) is 10.7. The molecule has 1 N–H and O–H groups in total. The van der Waals surface area contributed by atoms with Gasteiger partial charge in [-0.2, -0.15) is 11.8 Å². The summed E-state index contributed by atoms with van der Waals surface area (Å²) in [6.45, 7) is 4.42. The fourth-order valence-corrected chi connectivity index (χ4v) is 4.57. The normalized spacial score (nSPS) is 18.0. The fraction of sp³-hybridized carbons (Fsp3) is 0.500. The summed E-state index contributed by atoms with van der Waals surface area (Å²) in [5.74, 6) is 0.534. The first-order valence-electron chi connectivity index (χ1n) is 8.05. The van der Waals surface area contributed by atoms with Crippen molar-refractivity contribution < 1.29 is 22.7 Å². The van der Waals surface area contributed by atoms with Crippen LogP contribution in [-0.2, 0) is 19.6 Å². The Morgan fingerprint density at radius 1 is 1.28 bits per heavy atom. The van der Waals surface area contributed by atoms with Crippen LogP contribution in [0.3, 0.4) is 0 Å². The number of thioether (sulfide) groups is 1. The molecule has 1 aromatic rings. The molecule has 1 saturated heterocycles. The average Bonchev–Trinajstić information content (AvgIpc) is 2.61. The summed E-state index contributed by atoms with van der Waals surface area (Å²) in [5.41, 5.74) is 0.344. The van der Waals surface area contributed by atoms with Crippen LogP contribution in [0.5, 0.6) is 0 Å². The highest BCUT2D eigenvalue weighted by molar-refractivity contribution is 7.99. The van der Waals surface area contributed by atoms with Crippen LogP contribution in [-0.4, -0.2) is 62.4 Å². The lowest BCUT2D eigenvalue weighted by Gasteiger charge is -2.33. The van der Waals surface area contributed by atoms with Gasteiger partial charge in [-0.3, -0.25) is 4.79 Å². The lowest BCUT2D eigenvalue weighted by molar-refractivity contribution is -0.147. The lowest BCUT2D eigenvalue weighted by atomic mass is 10.1. The molecule has 0 saturated carbocycles. The van der Waals surface area contributed by atoms with E-state index in [0.717, 1.165) is 5.75 Å². The molecule has 0 aromatic heterocycles. The largest absolute Gasteiger partial charge is 0.464 e. The topological polar surface area (TPSA) is 92.8 Å². The fourth-order valence-electron chi connectivity index (χ4n) is 2.50. The molecule has 1 amide bonds. The Hall–Kier alpha value is -1.58. The molecule has 1 atom stereocenters. The Balaban J connectivity index is 2.19. The van der Waals surface area contributed by atoms with Crippen LogP contribution in [0.4, 0.5) is 0 Å². The number of carbonyl (C=O) groups is 2. The van der Waals surface area contributed by atoms with Gasteiger partial charge in [0.1, 0.15) is 6.04 Å². The number of nitrogens with zero attached hydrogens (tertiary/aromatic N) is 1. The monoisotopic (exact) mass is 386 g/mol. The number of benzene rings is 1. The molecule has 0 radical (unpaired) electrons. The van der Waals surface area contributed by atoms with Crippen molar-refractivity contribution in [2.75, 3.05) is 31.2 Å². The van der Waals surface area contributed by atoms with Crippen LogP contribution >= 0.6 is 11.8 Å². The number of esters is 1. The van der Waals surface area contributed by atoms with Crippen molar-refractivity contribution in [3.8, 4) is 0 Å². The van der Waals surface area contributed by atoms with E-state index < -0.39 is 22.0 Å². The van der Waals surface area contributed by atoms with Crippen LogP contribution in [0.15, 0.2) is 29.2 Å². The Labute approximate surface area is 152 Å². The van der Waals surface area contributed by atoms with Gasteiger partial charge in [-0.1, -0.05) is 6.92 Å². The van der Waals surface area contributed by atoms with E-state index in [9.17, 15) is 18.0 Å². The summed E-state index contributed by atoms with van der Waals surface area (Å²) >= 11 is 1.60. The minimum Gasteiger partial charge on any atom is -0.464 e. The predicted octanol–water partition coefficient (Wildman–Crippen LogP) is 1.11. The van der Waals surface area contributed by atoms with Gasteiger partial charge in [-0.15, -0.1) is 0 Å². The number of hydrogen-bond donors (Lipinski definition) is 1. The number of amides is 1. The summed E-state index contributed by atoms with van der Waals surface area (Å²) in [4.78, 5) is 26.4. The molecule has 0 bridgehead atoms. The molecule has 0 aliphatic carbocycles. The van der Waals surface area contributed by atoms with Gasteiger partial charge in [0.15, 0.2) is 0 Å². The highest BCUT2D eigenvalue weighted by Crippen LogP contribution is 2.21. The van der Waals surface area contributed by atoms with E-state index in [1.807, 2.05) is 0 Å². The number of sulfonamides is 1. The first kappa shape index (κ1) is 19.7. The smallest absolute Gasteiger partial charge is 0.329 e. The van der Waals surface area contributed by atoms with Crippen LogP contribution in [0.1, 0.15) is 24.2 Å². The summed E-state index contributed by atoms with van der Waals surface area (Å²) in [6.07, 6.45) is 0. The zero-order valence-corrected chi connectivity index (χ0v) is 15.9. The maximum atomic E-state index is 12.7. The molecular weight excluding hydrogens is 364 g/mol. The zero-order valence-electron chi connectivity index (χ0n) is 14.2. The number of rotatable bonds is 6. The van der Waals surface area contributed by atoms with Crippen molar-refractivity contribution in [1.82, 2.24) is 9.62 Å². The highest BCUT2D eigenvalue weighted by Gasteiger charge is 2.34. The third kappa shape index (κ3) is 4.74. The number of carbonyl (C=O) groups excluding carboxylic acids is 2. The average molecular weight is 386 g/mol. The van der Waals surface area contributed by atoms with E-state index in [-0.39, 0.29) is 24.0 Å². The second-order valence-electron chi connectivity index (χ2n) is 5.37. The van der Waals surface area contributed by atoms with Crippen molar-refractivity contribution in [3.63, 3.8) is 0 Å². The molecule has 1 heterocycles. The van der Waals surface area contributed by atoms with E-state index in [2.05, 4.69) is 4.72 Å². The Morgan fingerprint density at radius 2 is 1.96 bits per heavy atom. The standard InChI is InChI=1S/C16H22N2O5S2/c1-3-17-25(21,22)13-7-5-12(6-8-13)15(19)18-9-10-24-11-14(18)16(20)23-4-2/h5-8,14,17H,3-4,9-11H2,1-2H3. The van der Waals surface area contributed by atoms with Gasteiger partial charge in [-0.25, -0.2) is 17.9 Å². The summed E-state index contributed by atoms with van der Waals surface area (Å²) in [7, 11) is -3.56. The van der Waals surface area contributed by atoms with Gasteiger partial charge in [-0.05, 0) is 31.2 Å². The van der Waals surface area contributed by atoms with Gasteiger partial charge in [0.2, 0.25) is 10.0 Å². The SMILES string of the molecule is CCNS(=O)(=O)c1ccc(C(=O)N2CCSCC2C(=O)OCC)cc1. The van der Waals surface area contributed by atoms with Gasteiger partial charge >= 0.3 is 5.97 Å². The number of nitrogens with one attached hydrogen (secondary N) is 1. The zero-order chi connectivity index (χ0) is 18.4. The molecule has 1 fully saturated rings. The van der Waals surface area contributed by atoms with E-state index >= 15 is 0 Å². The van der Waals surface area contributed by atoms with Crippen LogP contribution < -0.4 is 4.72 Å². The third-order valence-corrected chi connectivity index (χ3v) is 6.28. The summed E-state index contributed by atoms with van der Waals surface area (Å²) < 4.78 is 31.4. The number of hydrogen-bond acceptors (Lipinski definition) is 6. The Bertz CT molecular complexity index is 719. The Kier molecular flexibility index (Phi) is 6.86. The maximum Gasteiger partial charge on any atom is 0.329 e. The molecule has 1 aliphatic heterocycles. The van der Waals surface area contributed by atoms with E-state index in [1.54, 1.807) is 25.6 Å². The first-order chi connectivity index (χ1) is 11.9. The lowest BCUT2D eigenvalue weighted by Crippen LogP contribution is -2.51. The molecule has 138 valence electrons. The molecule has 0 spiro atoms. The molecule has 25 heavy (non-hydrogen) atoms. The molecule has 9 heteroatoms. The minimum atomic E-state index is -3.56. The Morgan fingerprint density at radius 3 is 2.56 bits per heavy atom. The summed E-state index contributed by atoms with van der Waals surface area (Å²) in [5, 5.41) is 0. The third-order valence-electron chi connectivity index (χ3n) is 3.69. The van der Waals surface area contributed by atoms with Crippen molar-refractivity contribution >= 4 is 33.7 Å². The van der Waals surface area contributed by atoms with Gasteiger partial charge in [0, 0.05) is 30.2 Å². The van der Waals surface area contributed by atoms with Crippen LogP contribution in [0.2, 0.25) is 0 Å². The predicted molar refractivity (Wildman–Crippen MR) is 96.1 cm³/mol. The minimum absolute atomic E-state index is 0.0991. The molecule has 1 aliphatic rings.